The van der Waals surface area contributed by atoms with E-state index in [4.69, 9.17) is 13.6 Å². The molecule has 0 heterocycles. The van der Waals surface area contributed by atoms with Crippen LogP contribution >= 0.6 is 7.82 Å². The van der Waals surface area contributed by atoms with Crippen molar-refractivity contribution in [2.45, 2.75) is 13.2 Å². The second-order valence-corrected chi connectivity index (χ2v) is 7.40. The third kappa shape index (κ3) is 5.76. The highest BCUT2D eigenvalue weighted by atomic mass is 31.2. The van der Waals surface area contributed by atoms with Crippen molar-refractivity contribution in [1.82, 2.24) is 0 Å². The summed E-state index contributed by atoms with van der Waals surface area (Å²) in [7, 11) is -4.04. The van der Waals surface area contributed by atoms with E-state index in [-0.39, 0.29) is 24.7 Å². The monoisotopic (exact) mass is 399 g/mol. The van der Waals surface area contributed by atoms with Gasteiger partial charge in [0, 0.05) is 6.07 Å². The van der Waals surface area contributed by atoms with Gasteiger partial charge in [-0.3, -0.25) is 19.2 Å². The van der Waals surface area contributed by atoms with Gasteiger partial charge in [0.1, 0.15) is 5.75 Å². The molecule has 0 spiro atoms. The van der Waals surface area contributed by atoms with E-state index in [1.54, 1.807) is 0 Å². The van der Waals surface area contributed by atoms with Crippen molar-refractivity contribution < 1.29 is 23.1 Å². The average molecular weight is 399 g/mol. The van der Waals surface area contributed by atoms with Crippen LogP contribution in [0, 0.1) is 10.1 Å². The zero-order valence-electron chi connectivity index (χ0n) is 14.8. The fourth-order valence-electron chi connectivity index (χ4n) is 2.33. The molecule has 144 valence electrons. The van der Waals surface area contributed by atoms with Gasteiger partial charge in [-0.15, -0.1) is 0 Å². The Bertz CT molecular complexity index is 917. The number of non-ortho nitro benzene ring substituents is 1. The molecule has 3 rings (SSSR count). The highest BCUT2D eigenvalue weighted by Gasteiger charge is 2.29. The maximum Gasteiger partial charge on any atom is 0.530 e. The molecule has 0 bridgehead atoms. The lowest BCUT2D eigenvalue weighted by molar-refractivity contribution is -0.384. The number of nitrogens with zero attached hydrogens (tertiary/aromatic N) is 1. The minimum Gasteiger partial charge on any atom is -0.404 e. The highest BCUT2D eigenvalue weighted by Crippen LogP contribution is 2.51. The maximum absolute atomic E-state index is 13.2. The lowest BCUT2D eigenvalue weighted by Gasteiger charge is -2.18. The van der Waals surface area contributed by atoms with Crippen molar-refractivity contribution >= 4 is 13.5 Å². The third-order valence-corrected chi connectivity index (χ3v) is 5.04. The fourth-order valence-corrected chi connectivity index (χ4v) is 3.49. The molecule has 0 aliphatic heterocycles. The summed E-state index contributed by atoms with van der Waals surface area (Å²) < 4.78 is 29.6. The number of phosphoric acid groups is 1. The largest absolute Gasteiger partial charge is 0.530 e. The van der Waals surface area contributed by atoms with Gasteiger partial charge in [-0.25, -0.2) is 4.57 Å². The first-order valence-corrected chi connectivity index (χ1v) is 9.91. The molecule has 0 atom stereocenters. The Kier molecular flexibility index (Phi) is 6.55. The van der Waals surface area contributed by atoms with Gasteiger partial charge in [-0.05, 0) is 17.2 Å². The smallest absolute Gasteiger partial charge is 0.404 e. The molecule has 0 unspecified atom stereocenters. The minimum atomic E-state index is -4.04. The molecular weight excluding hydrogens is 381 g/mol. The summed E-state index contributed by atoms with van der Waals surface area (Å²) in [6.07, 6.45) is 0. The van der Waals surface area contributed by atoms with Gasteiger partial charge in [-0.1, -0.05) is 66.7 Å². The van der Waals surface area contributed by atoms with Crippen LogP contribution in [0.1, 0.15) is 11.1 Å². The summed E-state index contributed by atoms with van der Waals surface area (Å²) in [4.78, 5) is 10.4. The summed E-state index contributed by atoms with van der Waals surface area (Å²) in [5, 5.41) is 11.0. The van der Waals surface area contributed by atoms with Gasteiger partial charge in [-0.2, -0.15) is 0 Å². The zero-order valence-corrected chi connectivity index (χ0v) is 15.7. The molecule has 7 nitrogen and oxygen atoms in total. The Morgan fingerprint density at radius 2 is 1.32 bits per heavy atom. The molecule has 0 fully saturated rings. The molecule has 8 heteroatoms. The Hall–Kier alpha value is -2.99. The Morgan fingerprint density at radius 1 is 0.786 bits per heavy atom. The van der Waals surface area contributed by atoms with E-state index in [0.717, 1.165) is 11.1 Å². The molecule has 3 aromatic carbocycles. The first-order valence-electron chi connectivity index (χ1n) is 8.45. The van der Waals surface area contributed by atoms with E-state index in [2.05, 4.69) is 0 Å². The normalized spacial score (nSPS) is 11.1. The van der Waals surface area contributed by atoms with E-state index in [1.807, 2.05) is 60.7 Å². The molecule has 0 saturated carbocycles. The number of nitro groups is 1. The number of nitro benzene ring substituents is 1. The van der Waals surface area contributed by atoms with E-state index >= 15 is 0 Å². The summed E-state index contributed by atoms with van der Waals surface area (Å²) >= 11 is 0. The maximum atomic E-state index is 13.2. The van der Waals surface area contributed by atoms with E-state index < -0.39 is 12.7 Å². The van der Waals surface area contributed by atoms with Crippen LogP contribution in [0.3, 0.4) is 0 Å². The molecule has 0 aliphatic carbocycles. The number of phosphoric ester groups is 1. The summed E-state index contributed by atoms with van der Waals surface area (Å²) in [5.41, 5.74) is 1.39. The number of hydrogen-bond acceptors (Lipinski definition) is 6. The highest BCUT2D eigenvalue weighted by molar-refractivity contribution is 7.48. The van der Waals surface area contributed by atoms with E-state index in [1.165, 1.54) is 24.3 Å². The molecule has 0 amide bonds. The quantitative estimate of drug-likeness (QED) is 0.268. The third-order valence-electron chi connectivity index (χ3n) is 3.71. The van der Waals surface area contributed by atoms with Gasteiger partial charge in [0.05, 0.1) is 24.2 Å². The summed E-state index contributed by atoms with van der Waals surface area (Å²) in [5.74, 6) is 0.0265. The predicted molar refractivity (Wildman–Crippen MR) is 104 cm³/mol. The van der Waals surface area contributed by atoms with Crippen molar-refractivity contribution in [2.75, 3.05) is 0 Å². The van der Waals surface area contributed by atoms with Gasteiger partial charge < -0.3 is 4.52 Å². The SMILES string of the molecule is O=[N+]([O-])c1cccc(OP(=O)(OCc2ccccc2)OCc2ccccc2)c1. The number of hydrogen-bond donors (Lipinski definition) is 0. The first kappa shape index (κ1) is 19.8. The average Bonchev–Trinajstić information content (AvgIpc) is 2.73. The lowest BCUT2D eigenvalue weighted by atomic mass is 10.2. The lowest BCUT2D eigenvalue weighted by Crippen LogP contribution is -2.04. The van der Waals surface area contributed by atoms with Gasteiger partial charge in [0.15, 0.2) is 0 Å². The first-order chi connectivity index (χ1) is 13.5. The van der Waals surface area contributed by atoms with Crippen LogP contribution in [0.25, 0.3) is 0 Å². The predicted octanol–water partition coefficient (Wildman–Crippen LogP) is 5.52. The van der Waals surface area contributed by atoms with Crippen LogP contribution in [0.5, 0.6) is 5.75 Å². The molecule has 0 aliphatic rings. The van der Waals surface area contributed by atoms with E-state index in [0.29, 0.717) is 0 Å². The molecule has 0 aromatic heterocycles. The molecule has 0 saturated heterocycles. The molecule has 0 N–H and O–H groups in total. The van der Waals surface area contributed by atoms with Crippen molar-refractivity contribution in [3.63, 3.8) is 0 Å². The Balaban J connectivity index is 1.77. The van der Waals surface area contributed by atoms with Crippen LogP contribution in [-0.4, -0.2) is 4.92 Å². The van der Waals surface area contributed by atoms with E-state index in [9.17, 15) is 14.7 Å². The van der Waals surface area contributed by atoms with Crippen molar-refractivity contribution in [2.24, 2.45) is 0 Å². The standard InChI is InChI=1S/C20H18NO6P/c22-21(23)19-12-7-13-20(14-19)27-28(24,25-15-17-8-3-1-4-9-17)26-16-18-10-5-2-6-11-18/h1-14H,15-16H2. The van der Waals surface area contributed by atoms with Crippen molar-refractivity contribution in [3.8, 4) is 5.75 Å². The second-order valence-electron chi connectivity index (χ2n) is 5.81. The van der Waals surface area contributed by atoms with Crippen molar-refractivity contribution in [1.29, 1.82) is 0 Å². The topological polar surface area (TPSA) is 87.9 Å². The zero-order chi connectivity index (χ0) is 19.8. The van der Waals surface area contributed by atoms with Crippen molar-refractivity contribution in [3.05, 3.63) is 106 Å². The van der Waals surface area contributed by atoms with Crippen LogP contribution in [0.4, 0.5) is 5.69 Å². The van der Waals surface area contributed by atoms with Gasteiger partial charge >= 0.3 is 7.82 Å². The Morgan fingerprint density at radius 3 is 1.82 bits per heavy atom. The van der Waals surface area contributed by atoms with Crippen LogP contribution in [-0.2, 0) is 26.8 Å². The summed E-state index contributed by atoms with van der Waals surface area (Å²) in [6.45, 7) is 0.00364. The summed E-state index contributed by atoms with van der Waals surface area (Å²) in [6, 6.07) is 23.7. The fraction of sp³-hybridized carbons (Fsp3) is 0.100. The molecule has 3 aromatic rings. The van der Waals surface area contributed by atoms with Gasteiger partial charge in [0.2, 0.25) is 0 Å². The second kappa shape index (κ2) is 9.28. The minimum absolute atomic E-state index is 0.00182. The molecular formula is C20H18NO6P. The molecule has 28 heavy (non-hydrogen) atoms. The number of benzene rings is 3. The van der Waals surface area contributed by atoms with Crippen LogP contribution in [0.2, 0.25) is 0 Å². The van der Waals surface area contributed by atoms with Crippen LogP contribution in [0.15, 0.2) is 84.9 Å². The molecule has 0 radical (unpaired) electrons. The Labute approximate surface area is 162 Å². The van der Waals surface area contributed by atoms with Crippen LogP contribution < -0.4 is 4.52 Å². The van der Waals surface area contributed by atoms with Gasteiger partial charge in [0.25, 0.3) is 5.69 Å². The number of rotatable bonds is 9.